The lowest BCUT2D eigenvalue weighted by atomic mass is 10.1. The fourth-order valence-corrected chi connectivity index (χ4v) is 9.61. The van der Waals surface area contributed by atoms with E-state index < -0.39 is 0 Å². The van der Waals surface area contributed by atoms with Crippen LogP contribution in [0.25, 0.3) is 85.1 Å². The third-order valence-corrected chi connectivity index (χ3v) is 12.0. The summed E-state index contributed by atoms with van der Waals surface area (Å²) in [4.78, 5) is 18.0. The van der Waals surface area contributed by atoms with E-state index in [4.69, 9.17) is 19.4 Å². The number of rotatable bonds is 5. The number of fused-ring (bicyclic) bond motifs is 9. The lowest BCUT2D eigenvalue weighted by Crippen LogP contribution is -2.15. The molecule has 0 saturated carbocycles. The molecule has 11 aromatic rings. The summed E-state index contributed by atoms with van der Waals surface area (Å²) in [6.45, 7) is 0. The normalized spacial score (nSPS) is 11.8. The number of benzene rings is 7. The molecule has 52 heavy (non-hydrogen) atoms. The Labute approximate surface area is 305 Å². The van der Waals surface area contributed by atoms with E-state index in [-0.39, 0.29) is 0 Å². The Bertz CT molecular complexity index is 3160. The molecule has 244 valence electrons. The van der Waals surface area contributed by atoms with Gasteiger partial charge in [-0.25, -0.2) is 4.98 Å². The molecule has 0 fully saturated rings. The first-order valence-electron chi connectivity index (χ1n) is 17.1. The Balaban J connectivity index is 1.19. The highest BCUT2D eigenvalue weighted by Crippen LogP contribution is 2.45. The van der Waals surface area contributed by atoms with Gasteiger partial charge >= 0.3 is 0 Å². The average Bonchev–Trinajstić information content (AvgIpc) is 3.89. The van der Waals surface area contributed by atoms with Crippen LogP contribution in [-0.2, 0) is 0 Å². The Hall–Kier alpha value is -6.41. The molecule has 0 unspecified atom stereocenters. The summed E-state index contributed by atoms with van der Waals surface area (Å²) in [5.41, 5.74) is 5.49. The maximum atomic E-state index is 6.19. The minimum Gasteiger partial charge on any atom is -0.456 e. The second-order valence-electron chi connectivity index (χ2n) is 12.8. The van der Waals surface area contributed by atoms with Gasteiger partial charge in [0.05, 0.1) is 5.69 Å². The van der Waals surface area contributed by atoms with Crippen LogP contribution in [0.3, 0.4) is 0 Å². The number of nitrogens with zero attached hydrogens (tertiary/aromatic N) is 4. The van der Waals surface area contributed by atoms with E-state index >= 15 is 0 Å². The molecule has 0 N–H and O–H groups in total. The van der Waals surface area contributed by atoms with Crippen LogP contribution in [0.4, 0.5) is 17.3 Å². The van der Waals surface area contributed by atoms with Crippen LogP contribution in [0.1, 0.15) is 0 Å². The number of anilines is 3. The van der Waals surface area contributed by atoms with Crippen molar-refractivity contribution in [1.29, 1.82) is 0 Å². The smallest absolute Gasteiger partial charge is 0.238 e. The number of furan rings is 1. The van der Waals surface area contributed by atoms with Gasteiger partial charge in [-0.3, -0.25) is 4.90 Å². The van der Waals surface area contributed by atoms with Gasteiger partial charge in [-0.2, -0.15) is 9.97 Å². The Morgan fingerprint density at radius 3 is 1.88 bits per heavy atom. The van der Waals surface area contributed by atoms with Crippen LogP contribution in [-0.4, -0.2) is 15.0 Å². The first-order valence-corrected chi connectivity index (χ1v) is 18.7. The number of aromatic nitrogens is 3. The quantitative estimate of drug-likeness (QED) is 0.179. The highest BCUT2D eigenvalue weighted by Gasteiger charge is 2.23. The van der Waals surface area contributed by atoms with Gasteiger partial charge in [-0.15, -0.1) is 22.7 Å². The lowest BCUT2D eigenvalue weighted by molar-refractivity contribution is 0.669. The predicted octanol–water partition coefficient (Wildman–Crippen LogP) is 13.3. The molecule has 0 atom stereocenters. The van der Waals surface area contributed by atoms with Crippen LogP contribution in [0.5, 0.6) is 0 Å². The summed E-state index contributed by atoms with van der Waals surface area (Å²) in [7, 11) is 0. The monoisotopic (exact) mass is 702 g/mol. The fraction of sp³-hybridized carbons (Fsp3) is 0. The molecule has 0 aliphatic carbocycles. The molecule has 4 aromatic heterocycles. The van der Waals surface area contributed by atoms with Gasteiger partial charge in [-0.1, -0.05) is 91.0 Å². The molecule has 0 aliphatic rings. The molecule has 0 aliphatic heterocycles. The summed E-state index contributed by atoms with van der Waals surface area (Å²) in [5.74, 6) is 1.74. The van der Waals surface area contributed by atoms with Crippen LogP contribution in [0.2, 0.25) is 0 Å². The van der Waals surface area contributed by atoms with E-state index in [1.165, 1.54) is 40.3 Å². The predicted molar refractivity (Wildman–Crippen MR) is 218 cm³/mol. The van der Waals surface area contributed by atoms with Crippen molar-refractivity contribution in [3.8, 4) is 22.8 Å². The summed E-state index contributed by atoms with van der Waals surface area (Å²) in [5, 5.41) is 6.97. The molecule has 7 aromatic carbocycles. The van der Waals surface area contributed by atoms with E-state index in [2.05, 4.69) is 126 Å². The van der Waals surface area contributed by atoms with E-state index in [0.717, 1.165) is 44.4 Å². The molecule has 11 rings (SSSR count). The van der Waals surface area contributed by atoms with Crippen molar-refractivity contribution in [2.75, 3.05) is 4.90 Å². The number of hydrogen-bond acceptors (Lipinski definition) is 7. The third kappa shape index (κ3) is 4.64. The molecule has 7 heteroatoms. The largest absolute Gasteiger partial charge is 0.456 e. The average molecular weight is 703 g/mol. The summed E-state index contributed by atoms with van der Waals surface area (Å²) >= 11 is 3.59. The van der Waals surface area contributed by atoms with Gasteiger partial charge in [0.15, 0.2) is 11.6 Å². The standard InChI is InChI=1S/C45H26N4OS2/c1-2-11-29(12-3-1)49(35-16-10-20-40-42(35)33-15-6-9-19-39(33)51-40)45-47-43(27-22-24-37-34(25-27)30-13-4-7-17-36(30)50-37)46-44(48-45)28-21-23-32-31-14-5-8-18-38(31)52-41(32)26-28/h1-26H. The number of thiophene rings is 2. The van der Waals surface area contributed by atoms with Crippen molar-refractivity contribution in [2.24, 2.45) is 0 Å². The Morgan fingerprint density at radius 1 is 0.423 bits per heavy atom. The van der Waals surface area contributed by atoms with Crippen LogP contribution in [0.15, 0.2) is 162 Å². The van der Waals surface area contributed by atoms with Crippen molar-refractivity contribution >= 4 is 102 Å². The van der Waals surface area contributed by atoms with E-state index in [1.807, 2.05) is 36.4 Å². The Kier molecular flexibility index (Phi) is 6.52. The van der Waals surface area contributed by atoms with Crippen LogP contribution < -0.4 is 4.90 Å². The maximum absolute atomic E-state index is 6.19. The zero-order chi connectivity index (χ0) is 34.2. The van der Waals surface area contributed by atoms with Crippen molar-refractivity contribution in [3.05, 3.63) is 158 Å². The highest BCUT2D eigenvalue weighted by molar-refractivity contribution is 7.26. The van der Waals surface area contributed by atoms with Gasteiger partial charge in [-0.05, 0) is 66.7 Å². The molecule has 0 radical (unpaired) electrons. The van der Waals surface area contributed by atoms with Crippen LogP contribution in [0, 0.1) is 0 Å². The zero-order valence-electron chi connectivity index (χ0n) is 27.5. The number of para-hydroxylation sites is 2. The first-order chi connectivity index (χ1) is 25.7. The van der Waals surface area contributed by atoms with Crippen LogP contribution >= 0.6 is 22.7 Å². The van der Waals surface area contributed by atoms with Crippen molar-refractivity contribution in [2.45, 2.75) is 0 Å². The van der Waals surface area contributed by atoms with Gasteiger partial charge in [0, 0.05) is 67.9 Å². The summed E-state index contributed by atoms with van der Waals surface area (Å²) in [6, 6.07) is 54.9. The molecule has 0 saturated heterocycles. The van der Waals surface area contributed by atoms with E-state index in [9.17, 15) is 0 Å². The third-order valence-electron chi connectivity index (χ3n) is 9.73. The zero-order valence-corrected chi connectivity index (χ0v) is 29.2. The maximum Gasteiger partial charge on any atom is 0.238 e. The molecule has 0 bridgehead atoms. The van der Waals surface area contributed by atoms with Crippen molar-refractivity contribution in [3.63, 3.8) is 0 Å². The molecular formula is C45H26N4OS2. The molecule has 4 heterocycles. The SMILES string of the molecule is c1ccc(N(c2nc(-c3ccc4c(c3)sc3ccccc34)nc(-c3ccc4oc5ccccc5c4c3)n2)c2cccc3sc4ccccc4c23)cc1. The first kappa shape index (κ1) is 29.3. The topological polar surface area (TPSA) is 55.1 Å². The minimum absolute atomic E-state index is 0.544. The minimum atomic E-state index is 0.544. The second kappa shape index (κ2) is 11.6. The van der Waals surface area contributed by atoms with Gasteiger partial charge < -0.3 is 4.42 Å². The molecular weight excluding hydrogens is 677 g/mol. The second-order valence-corrected chi connectivity index (χ2v) is 15.0. The van der Waals surface area contributed by atoms with Gasteiger partial charge in [0.1, 0.15) is 11.2 Å². The molecule has 5 nitrogen and oxygen atoms in total. The van der Waals surface area contributed by atoms with Crippen molar-refractivity contribution < 1.29 is 4.42 Å². The van der Waals surface area contributed by atoms with Gasteiger partial charge in [0.2, 0.25) is 5.95 Å². The fourth-order valence-electron chi connectivity index (χ4n) is 7.33. The number of hydrogen-bond donors (Lipinski definition) is 0. The highest BCUT2D eigenvalue weighted by atomic mass is 32.1. The van der Waals surface area contributed by atoms with Crippen molar-refractivity contribution in [1.82, 2.24) is 15.0 Å². The molecule has 0 amide bonds. The van der Waals surface area contributed by atoms with Gasteiger partial charge in [0.25, 0.3) is 0 Å². The summed E-state index contributed by atoms with van der Waals surface area (Å²) < 4.78 is 11.1. The van der Waals surface area contributed by atoms with E-state index in [0.29, 0.717) is 17.6 Å². The summed E-state index contributed by atoms with van der Waals surface area (Å²) in [6.07, 6.45) is 0. The van der Waals surface area contributed by atoms with E-state index in [1.54, 1.807) is 22.7 Å². The molecule has 0 spiro atoms. The lowest BCUT2D eigenvalue weighted by Gasteiger charge is -2.25. The Morgan fingerprint density at radius 2 is 1.04 bits per heavy atom.